The molecule has 5 heteroatoms. The number of ether oxygens (including phenoxy) is 2. The van der Waals surface area contributed by atoms with Crippen molar-refractivity contribution in [1.29, 1.82) is 0 Å². The van der Waals surface area contributed by atoms with Crippen LogP contribution >= 0.6 is 0 Å². The van der Waals surface area contributed by atoms with E-state index in [0.717, 1.165) is 44.9 Å². The van der Waals surface area contributed by atoms with E-state index in [4.69, 9.17) is 9.47 Å². The molecule has 0 bridgehead atoms. The third kappa shape index (κ3) is 3.67. The van der Waals surface area contributed by atoms with Crippen LogP contribution in [0.15, 0.2) is 11.6 Å². The predicted molar refractivity (Wildman–Crippen MR) is 129 cm³/mol. The van der Waals surface area contributed by atoms with Gasteiger partial charge in [-0.1, -0.05) is 33.3 Å². The monoisotopic (exact) mass is 470 g/mol. The second-order valence-electron chi connectivity index (χ2n) is 12.7. The smallest absolute Gasteiger partial charge is 0.308 e. The first-order chi connectivity index (χ1) is 16.0. The minimum atomic E-state index is -0.199. The quantitative estimate of drug-likeness (QED) is 0.498. The molecule has 10 unspecified atom stereocenters. The van der Waals surface area contributed by atoms with Gasteiger partial charge in [0.05, 0.1) is 5.92 Å². The third-order valence-corrected chi connectivity index (χ3v) is 11.0. The summed E-state index contributed by atoms with van der Waals surface area (Å²) in [7, 11) is 0. The van der Waals surface area contributed by atoms with Gasteiger partial charge >= 0.3 is 11.9 Å². The Morgan fingerprint density at radius 1 is 1.12 bits per heavy atom. The molecule has 4 fully saturated rings. The topological polar surface area (TPSA) is 69.7 Å². The standard InChI is InChI=1S/C29H42O5/c1-16-6-11-24(34-27(16)32)17(2)22-9-10-23-21-8-7-19-14-20(31)12-13-28(19,4)26(21)25(33-18(3)30)15-29(22,23)5/h14,16-17,21-26H,6-13,15H2,1-5H3. The molecule has 1 heterocycles. The minimum absolute atomic E-state index is 0.00283. The Morgan fingerprint density at radius 2 is 1.88 bits per heavy atom. The lowest BCUT2D eigenvalue weighted by Crippen LogP contribution is -2.58. The normalized spacial score (nSPS) is 47.0. The molecule has 1 saturated heterocycles. The van der Waals surface area contributed by atoms with Gasteiger partial charge in [0.15, 0.2) is 5.78 Å². The Hall–Kier alpha value is -1.65. The van der Waals surface area contributed by atoms with Crippen LogP contribution in [0.2, 0.25) is 0 Å². The molecular weight excluding hydrogens is 428 g/mol. The van der Waals surface area contributed by atoms with E-state index >= 15 is 0 Å². The molecule has 34 heavy (non-hydrogen) atoms. The Morgan fingerprint density at radius 3 is 2.59 bits per heavy atom. The first-order valence-electron chi connectivity index (χ1n) is 13.7. The zero-order chi connectivity index (χ0) is 24.4. The first kappa shape index (κ1) is 24.1. The van der Waals surface area contributed by atoms with Crippen molar-refractivity contribution in [1.82, 2.24) is 0 Å². The molecule has 0 aromatic carbocycles. The van der Waals surface area contributed by atoms with E-state index in [9.17, 15) is 14.4 Å². The number of rotatable bonds is 3. The molecule has 0 radical (unpaired) electrons. The molecule has 0 spiro atoms. The van der Waals surface area contributed by atoms with Crippen LogP contribution in [-0.4, -0.2) is 29.9 Å². The van der Waals surface area contributed by atoms with Crippen LogP contribution in [0.3, 0.4) is 0 Å². The van der Waals surface area contributed by atoms with Gasteiger partial charge in [0.25, 0.3) is 0 Å². The van der Waals surface area contributed by atoms with E-state index in [1.807, 2.05) is 13.0 Å². The fourth-order valence-corrected chi connectivity index (χ4v) is 9.36. The maximum Gasteiger partial charge on any atom is 0.308 e. The summed E-state index contributed by atoms with van der Waals surface area (Å²) < 4.78 is 12.1. The number of carbonyl (C=O) groups is 3. The molecule has 0 aromatic rings. The number of ketones is 1. The zero-order valence-corrected chi connectivity index (χ0v) is 21.6. The summed E-state index contributed by atoms with van der Waals surface area (Å²) in [6.45, 7) is 10.6. The second-order valence-corrected chi connectivity index (χ2v) is 12.7. The third-order valence-electron chi connectivity index (χ3n) is 11.0. The van der Waals surface area contributed by atoms with E-state index < -0.39 is 0 Å². The van der Waals surface area contributed by atoms with Gasteiger partial charge in [-0.15, -0.1) is 0 Å². The number of fused-ring (bicyclic) bond motifs is 5. The highest BCUT2D eigenvalue weighted by molar-refractivity contribution is 5.91. The fourth-order valence-electron chi connectivity index (χ4n) is 9.36. The summed E-state index contributed by atoms with van der Waals surface area (Å²) in [6, 6.07) is 0. The van der Waals surface area contributed by atoms with Gasteiger partial charge in [0.2, 0.25) is 0 Å². The first-order valence-corrected chi connectivity index (χ1v) is 13.7. The van der Waals surface area contributed by atoms with Crippen LogP contribution in [0, 0.1) is 46.3 Å². The maximum absolute atomic E-state index is 12.3. The highest BCUT2D eigenvalue weighted by atomic mass is 16.5. The fraction of sp³-hybridized carbons (Fsp3) is 0.828. The Bertz CT molecular complexity index is 906. The molecule has 4 aliphatic carbocycles. The lowest BCUT2D eigenvalue weighted by molar-refractivity contribution is -0.182. The van der Waals surface area contributed by atoms with Crippen LogP contribution in [0.1, 0.15) is 92.4 Å². The van der Waals surface area contributed by atoms with Crippen LogP contribution in [0.25, 0.3) is 0 Å². The van der Waals surface area contributed by atoms with E-state index in [-0.39, 0.29) is 52.6 Å². The molecule has 5 aliphatic rings. The van der Waals surface area contributed by atoms with E-state index in [0.29, 0.717) is 30.1 Å². The molecule has 10 atom stereocenters. The van der Waals surface area contributed by atoms with E-state index in [1.54, 1.807) is 0 Å². The molecule has 5 nitrogen and oxygen atoms in total. The van der Waals surface area contributed by atoms with Gasteiger partial charge in [-0.2, -0.15) is 0 Å². The minimum Gasteiger partial charge on any atom is -0.462 e. The van der Waals surface area contributed by atoms with Gasteiger partial charge in [0, 0.05) is 19.3 Å². The molecule has 0 aromatic heterocycles. The summed E-state index contributed by atoms with van der Waals surface area (Å²) in [5, 5.41) is 0. The molecular formula is C29H42O5. The van der Waals surface area contributed by atoms with Crippen molar-refractivity contribution in [3.05, 3.63) is 11.6 Å². The Balaban J connectivity index is 1.46. The van der Waals surface area contributed by atoms with Gasteiger partial charge in [-0.05, 0) is 91.9 Å². The van der Waals surface area contributed by atoms with Gasteiger partial charge in [-0.3, -0.25) is 14.4 Å². The zero-order valence-electron chi connectivity index (χ0n) is 21.6. The SMILES string of the molecule is CC(=O)OC1CC2(C)C(C(C)C3CCC(C)C(=O)O3)CCC2C2CCC3=CC(=O)CCC3(C)C12. The van der Waals surface area contributed by atoms with Crippen LogP contribution in [-0.2, 0) is 23.9 Å². The van der Waals surface area contributed by atoms with Crippen molar-refractivity contribution in [2.75, 3.05) is 0 Å². The number of hydrogen-bond donors (Lipinski definition) is 0. The van der Waals surface area contributed by atoms with Gasteiger partial charge in [0.1, 0.15) is 12.2 Å². The maximum atomic E-state index is 12.3. The molecule has 0 amide bonds. The van der Waals surface area contributed by atoms with Crippen molar-refractivity contribution >= 4 is 17.7 Å². The summed E-state index contributed by atoms with van der Waals surface area (Å²) in [5.41, 5.74) is 1.30. The molecule has 0 N–H and O–H groups in total. The number of hydrogen-bond acceptors (Lipinski definition) is 5. The van der Waals surface area contributed by atoms with Gasteiger partial charge in [-0.25, -0.2) is 0 Å². The Labute approximate surface area is 204 Å². The predicted octanol–water partition coefficient (Wildman–Crippen LogP) is 5.65. The highest BCUT2D eigenvalue weighted by Gasteiger charge is 2.64. The van der Waals surface area contributed by atoms with E-state index in [2.05, 4.69) is 20.8 Å². The summed E-state index contributed by atoms with van der Waals surface area (Å²) in [5.74, 6) is 2.16. The average Bonchev–Trinajstić information content (AvgIpc) is 3.11. The van der Waals surface area contributed by atoms with Crippen molar-refractivity contribution in [3.8, 4) is 0 Å². The van der Waals surface area contributed by atoms with Crippen molar-refractivity contribution < 1.29 is 23.9 Å². The highest BCUT2D eigenvalue weighted by Crippen LogP contribution is 2.68. The molecule has 188 valence electrons. The number of esters is 2. The lowest BCUT2D eigenvalue weighted by Gasteiger charge is -2.60. The number of allylic oxidation sites excluding steroid dienone is 1. The van der Waals surface area contributed by atoms with Crippen LogP contribution in [0.5, 0.6) is 0 Å². The lowest BCUT2D eigenvalue weighted by atomic mass is 9.45. The summed E-state index contributed by atoms with van der Waals surface area (Å²) >= 11 is 0. The average molecular weight is 471 g/mol. The van der Waals surface area contributed by atoms with Gasteiger partial charge < -0.3 is 9.47 Å². The Kier molecular flexibility index (Phi) is 6.00. The van der Waals surface area contributed by atoms with E-state index in [1.165, 1.54) is 18.9 Å². The summed E-state index contributed by atoms with van der Waals surface area (Å²) in [4.78, 5) is 36.8. The molecule has 1 aliphatic heterocycles. The largest absolute Gasteiger partial charge is 0.462 e. The van der Waals surface area contributed by atoms with Crippen molar-refractivity contribution in [2.45, 2.75) is 105 Å². The number of cyclic esters (lactones) is 1. The second kappa shape index (κ2) is 8.48. The van der Waals surface area contributed by atoms with Crippen molar-refractivity contribution in [2.24, 2.45) is 46.3 Å². The molecule has 3 saturated carbocycles. The summed E-state index contributed by atoms with van der Waals surface area (Å²) in [6.07, 6.45) is 10.4. The van der Waals surface area contributed by atoms with Crippen LogP contribution in [0.4, 0.5) is 0 Å². The van der Waals surface area contributed by atoms with Crippen molar-refractivity contribution in [3.63, 3.8) is 0 Å². The molecule has 5 rings (SSSR count). The van der Waals surface area contributed by atoms with Crippen LogP contribution < -0.4 is 0 Å². The number of carbonyl (C=O) groups excluding carboxylic acids is 3.